The van der Waals surface area contributed by atoms with Gasteiger partial charge in [0.15, 0.2) is 6.04 Å². The van der Waals surface area contributed by atoms with E-state index in [1.807, 2.05) is 11.4 Å². The first-order valence-corrected chi connectivity index (χ1v) is 4.92. The lowest BCUT2D eigenvalue weighted by Gasteiger charge is -1.97. The first-order chi connectivity index (χ1) is 7.18. The van der Waals surface area contributed by atoms with Crippen molar-refractivity contribution in [2.75, 3.05) is 0 Å². The summed E-state index contributed by atoms with van der Waals surface area (Å²) in [6, 6.07) is 2.36. The third-order valence-electron chi connectivity index (χ3n) is 1.70. The van der Waals surface area contributed by atoms with Crippen LogP contribution in [0.3, 0.4) is 0 Å². The fourth-order valence-corrected chi connectivity index (χ4v) is 1.61. The van der Waals surface area contributed by atoms with Gasteiger partial charge in [-0.3, -0.25) is 0 Å². The van der Waals surface area contributed by atoms with Gasteiger partial charge in [-0.05, 0) is 11.4 Å². The molecule has 7 heteroatoms. The third-order valence-corrected chi connectivity index (χ3v) is 2.56. The summed E-state index contributed by atoms with van der Waals surface area (Å²) in [6.07, 6.45) is 0. The molecule has 0 aliphatic carbocycles. The summed E-state index contributed by atoms with van der Waals surface area (Å²) in [4.78, 5) is 11.3. The Bertz CT molecular complexity index is 465. The SMILES string of the molecule is NC(C(=O)O)c1nnc(-c2cccs2)o1. The summed E-state index contributed by atoms with van der Waals surface area (Å²) in [5.41, 5.74) is 5.31. The van der Waals surface area contributed by atoms with E-state index in [-0.39, 0.29) is 11.8 Å². The highest BCUT2D eigenvalue weighted by Crippen LogP contribution is 2.24. The molecule has 0 saturated heterocycles. The Morgan fingerprint density at radius 3 is 3.00 bits per heavy atom. The molecule has 0 radical (unpaired) electrons. The molecule has 2 aromatic rings. The summed E-state index contributed by atoms with van der Waals surface area (Å²) in [5, 5.41) is 17.8. The lowest BCUT2D eigenvalue weighted by molar-refractivity contribution is -0.139. The van der Waals surface area contributed by atoms with Gasteiger partial charge in [-0.15, -0.1) is 21.5 Å². The van der Waals surface area contributed by atoms with E-state index in [4.69, 9.17) is 15.3 Å². The Hall–Kier alpha value is -1.73. The molecule has 2 heterocycles. The summed E-state index contributed by atoms with van der Waals surface area (Å²) >= 11 is 1.42. The first-order valence-electron chi connectivity index (χ1n) is 4.04. The van der Waals surface area contributed by atoms with Crippen molar-refractivity contribution in [3.63, 3.8) is 0 Å². The minimum absolute atomic E-state index is 0.0918. The van der Waals surface area contributed by atoms with Crippen LogP contribution in [0.25, 0.3) is 10.8 Å². The van der Waals surface area contributed by atoms with Gasteiger partial charge in [0.25, 0.3) is 5.89 Å². The van der Waals surface area contributed by atoms with Crippen LogP contribution in [0.4, 0.5) is 0 Å². The van der Waals surface area contributed by atoms with E-state index in [1.54, 1.807) is 6.07 Å². The van der Waals surface area contributed by atoms with Gasteiger partial charge in [-0.25, -0.2) is 4.79 Å². The van der Waals surface area contributed by atoms with E-state index in [1.165, 1.54) is 11.3 Å². The zero-order valence-corrected chi connectivity index (χ0v) is 8.27. The van der Waals surface area contributed by atoms with E-state index in [9.17, 15) is 4.79 Å². The van der Waals surface area contributed by atoms with Crippen LogP contribution in [-0.4, -0.2) is 21.3 Å². The van der Waals surface area contributed by atoms with Crippen molar-refractivity contribution < 1.29 is 14.3 Å². The van der Waals surface area contributed by atoms with E-state index < -0.39 is 12.0 Å². The predicted octanol–water partition coefficient (Wildman–Crippen LogP) is 0.883. The van der Waals surface area contributed by atoms with Crippen LogP contribution in [0.2, 0.25) is 0 Å². The van der Waals surface area contributed by atoms with E-state index in [2.05, 4.69) is 10.2 Å². The highest BCUT2D eigenvalue weighted by molar-refractivity contribution is 7.13. The van der Waals surface area contributed by atoms with Crippen LogP contribution in [0, 0.1) is 0 Å². The van der Waals surface area contributed by atoms with Crippen molar-refractivity contribution in [1.29, 1.82) is 0 Å². The molecule has 0 bridgehead atoms. The minimum atomic E-state index is -1.27. The average Bonchev–Trinajstić information content (AvgIpc) is 2.86. The quantitative estimate of drug-likeness (QED) is 0.803. The highest BCUT2D eigenvalue weighted by Gasteiger charge is 2.21. The Labute approximate surface area is 88.4 Å². The topological polar surface area (TPSA) is 102 Å². The molecular formula is C8H7N3O3S. The van der Waals surface area contributed by atoms with Gasteiger partial charge >= 0.3 is 5.97 Å². The van der Waals surface area contributed by atoms with E-state index >= 15 is 0 Å². The molecule has 1 atom stereocenters. The third kappa shape index (κ3) is 1.88. The van der Waals surface area contributed by atoms with Crippen LogP contribution in [-0.2, 0) is 4.79 Å². The van der Waals surface area contributed by atoms with Gasteiger partial charge in [-0.2, -0.15) is 0 Å². The highest BCUT2D eigenvalue weighted by atomic mass is 32.1. The Balaban J connectivity index is 2.28. The van der Waals surface area contributed by atoms with Crippen LogP contribution >= 0.6 is 11.3 Å². The maximum Gasteiger partial charge on any atom is 0.330 e. The molecule has 0 fully saturated rings. The number of carboxylic acid groups (broad SMARTS) is 1. The molecule has 15 heavy (non-hydrogen) atoms. The molecule has 1 unspecified atom stereocenters. The number of aliphatic carboxylic acids is 1. The van der Waals surface area contributed by atoms with Crippen molar-refractivity contribution in [3.05, 3.63) is 23.4 Å². The van der Waals surface area contributed by atoms with Crippen molar-refractivity contribution in [3.8, 4) is 10.8 Å². The van der Waals surface area contributed by atoms with E-state index in [0.29, 0.717) is 0 Å². The van der Waals surface area contributed by atoms with Crippen molar-refractivity contribution in [2.45, 2.75) is 6.04 Å². The molecule has 0 aromatic carbocycles. The number of rotatable bonds is 3. The van der Waals surface area contributed by atoms with Crippen LogP contribution in [0.5, 0.6) is 0 Å². The second-order valence-corrected chi connectivity index (χ2v) is 3.69. The molecule has 6 nitrogen and oxygen atoms in total. The molecule has 0 amide bonds. The number of aromatic nitrogens is 2. The largest absolute Gasteiger partial charge is 0.480 e. The lowest BCUT2D eigenvalue weighted by atomic mass is 10.3. The number of hydrogen-bond acceptors (Lipinski definition) is 6. The fraction of sp³-hybridized carbons (Fsp3) is 0.125. The van der Waals surface area contributed by atoms with Gasteiger partial charge in [0.2, 0.25) is 5.89 Å². The Kier molecular flexibility index (Phi) is 2.48. The number of hydrogen-bond donors (Lipinski definition) is 2. The smallest absolute Gasteiger partial charge is 0.330 e. The van der Waals surface area contributed by atoms with Gasteiger partial charge in [0, 0.05) is 0 Å². The lowest BCUT2D eigenvalue weighted by Crippen LogP contribution is -2.20. The summed E-state index contributed by atoms with van der Waals surface area (Å²) < 4.78 is 5.13. The van der Waals surface area contributed by atoms with Crippen molar-refractivity contribution in [1.82, 2.24) is 10.2 Å². The van der Waals surface area contributed by atoms with Crippen LogP contribution in [0.1, 0.15) is 11.9 Å². The average molecular weight is 225 g/mol. The second-order valence-electron chi connectivity index (χ2n) is 2.74. The Morgan fingerprint density at radius 1 is 1.60 bits per heavy atom. The standard InChI is InChI=1S/C8H7N3O3S/c9-5(8(12)13)7-11-10-6(14-7)4-2-1-3-15-4/h1-3,5H,9H2,(H,12,13). The number of nitrogens with two attached hydrogens (primary N) is 1. The summed E-state index contributed by atoms with van der Waals surface area (Å²) in [5.74, 6) is -1.00. The number of thiophene rings is 1. The maximum absolute atomic E-state index is 10.5. The van der Waals surface area contributed by atoms with Gasteiger partial charge in [-0.1, -0.05) is 6.07 Å². The first kappa shape index (κ1) is 9.81. The normalized spacial score (nSPS) is 12.6. The summed E-state index contributed by atoms with van der Waals surface area (Å²) in [7, 11) is 0. The number of carboxylic acids is 1. The van der Waals surface area contributed by atoms with Crippen molar-refractivity contribution >= 4 is 17.3 Å². The second kappa shape index (κ2) is 3.79. The fourth-order valence-electron chi connectivity index (χ4n) is 0.966. The molecule has 0 spiro atoms. The molecule has 0 aliphatic rings. The molecule has 2 aromatic heterocycles. The van der Waals surface area contributed by atoms with Crippen LogP contribution in [0.15, 0.2) is 21.9 Å². The van der Waals surface area contributed by atoms with Crippen LogP contribution < -0.4 is 5.73 Å². The van der Waals surface area contributed by atoms with Gasteiger partial charge in [0.05, 0.1) is 4.88 Å². The maximum atomic E-state index is 10.5. The minimum Gasteiger partial charge on any atom is -0.480 e. The zero-order valence-electron chi connectivity index (χ0n) is 7.45. The monoisotopic (exact) mass is 225 g/mol. The molecule has 78 valence electrons. The zero-order chi connectivity index (χ0) is 10.8. The van der Waals surface area contributed by atoms with E-state index in [0.717, 1.165) is 4.88 Å². The molecule has 0 aliphatic heterocycles. The Morgan fingerprint density at radius 2 is 2.40 bits per heavy atom. The summed E-state index contributed by atoms with van der Waals surface area (Å²) in [6.45, 7) is 0. The molecule has 0 saturated carbocycles. The van der Waals surface area contributed by atoms with Gasteiger partial charge in [0.1, 0.15) is 0 Å². The molecule has 2 rings (SSSR count). The van der Waals surface area contributed by atoms with Gasteiger partial charge < -0.3 is 15.3 Å². The number of nitrogens with zero attached hydrogens (tertiary/aromatic N) is 2. The number of carbonyl (C=O) groups is 1. The predicted molar refractivity (Wildman–Crippen MR) is 52.2 cm³/mol. The molecular weight excluding hydrogens is 218 g/mol. The molecule has 3 N–H and O–H groups in total. The van der Waals surface area contributed by atoms with Crippen molar-refractivity contribution in [2.24, 2.45) is 5.73 Å².